The Morgan fingerprint density at radius 1 is 1.20 bits per heavy atom. The van der Waals surface area contributed by atoms with Gasteiger partial charge >= 0.3 is 6.01 Å². The lowest BCUT2D eigenvalue weighted by atomic mass is 10.1. The van der Waals surface area contributed by atoms with E-state index in [-0.39, 0.29) is 5.54 Å². The molecule has 0 amide bonds. The summed E-state index contributed by atoms with van der Waals surface area (Å²) in [7, 11) is 0. The minimum atomic E-state index is -0.0124. The van der Waals surface area contributed by atoms with Gasteiger partial charge in [0.2, 0.25) is 5.89 Å². The van der Waals surface area contributed by atoms with Gasteiger partial charge in [-0.15, -0.1) is 5.10 Å². The molecule has 7 heteroatoms. The van der Waals surface area contributed by atoms with Crippen LogP contribution in [0, 0.1) is 0 Å². The normalized spacial score (nSPS) is 11.7. The average Bonchev–Trinajstić information content (AvgIpc) is 2.77. The number of nitrogens with zero attached hydrogens (tertiary/aromatic N) is 2. The Labute approximate surface area is 127 Å². The lowest BCUT2D eigenvalue weighted by Crippen LogP contribution is -2.35. The summed E-state index contributed by atoms with van der Waals surface area (Å²) in [4.78, 5) is 0. The highest BCUT2D eigenvalue weighted by molar-refractivity contribution is 6.36. The van der Waals surface area contributed by atoms with Gasteiger partial charge < -0.3 is 15.1 Å². The first-order valence-corrected chi connectivity index (χ1v) is 6.88. The highest BCUT2D eigenvalue weighted by atomic mass is 35.5. The van der Waals surface area contributed by atoms with E-state index in [4.69, 9.17) is 27.6 Å². The van der Waals surface area contributed by atoms with Crippen molar-refractivity contribution in [2.24, 2.45) is 0 Å². The van der Waals surface area contributed by atoms with Crippen LogP contribution in [-0.4, -0.2) is 15.7 Å². The third-order valence-electron chi connectivity index (χ3n) is 2.41. The van der Waals surface area contributed by atoms with Crippen LogP contribution in [0.15, 0.2) is 22.6 Å². The molecule has 0 aliphatic rings. The number of nitrogens with one attached hydrogen (secondary N) is 2. The third-order valence-corrected chi connectivity index (χ3v) is 2.96. The van der Waals surface area contributed by atoms with E-state index in [0.717, 1.165) is 0 Å². The molecular weight excluding hydrogens is 299 g/mol. The van der Waals surface area contributed by atoms with E-state index in [9.17, 15) is 0 Å². The molecule has 1 heterocycles. The van der Waals surface area contributed by atoms with Gasteiger partial charge in [-0.25, -0.2) is 0 Å². The molecule has 2 N–H and O–H groups in total. The van der Waals surface area contributed by atoms with Gasteiger partial charge in [0.05, 0.1) is 17.3 Å². The number of aromatic nitrogens is 2. The van der Waals surface area contributed by atoms with Gasteiger partial charge in [0.25, 0.3) is 0 Å². The van der Waals surface area contributed by atoms with Crippen molar-refractivity contribution in [1.82, 2.24) is 15.5 Å². The summed E-state index contributed by atoms with van der Waals surface area (Å²) >= 11 is 11.9. The molecule has 20 heavy (non-hydrogen) atoms. The van der Waals surface area contributed by atoms with Crippen LogP contribution in [0.25, 0.3) is 0 Å². The standard InChI is InChI=1S/C13H16Cl2N4O/c1-13(2,3)16-7-11-18-19-12(20-11)17-10-5-4-8(14)6-9(10)15/h4-6,16H,7H2,1-3H3,(H,17,19). The molecule has 1 aromatic heterocycles. The average molecular weight is 315 g/mol. The van der Waals surface area contributed by atoms with Crippen molar-refractivity contribution in [3.05, 3.63) is 34.1 Å². The zero-order valence-electron chi connectivity index (χ0n) is 11.5. The largest absolute Gasteiger partial charge is 0.406 e. The maximum atomic E-state index is 6.06. The highest BCUT2D eigenvalue weighted by Gasteiger charge is 2.12. The molecule has 108 valence electrons. The SMILES string of the molecule is CC(C)(C)NCc1nnc(Nc2ccc(Cl)cc2Cl)o1. The van der Waals surface area contributed by atoms with E-state index in [1.54, 1.807) is 18.2 Å². The van der Waals surface area contributed by atoms with Crippen LogP contribution in [-0.2, 0) is 6.54 Å². The molecule has 0 fully saturated rings. The van der Waals surface area contributed by atoms with Crippen molar-refractivity contribution in [2.45, 2.75) is 32.9 Å². The molecule has 0 radical (unpaired) electrons. The van der Waals surface area contributed by atoms with Crippen molar-refractivity contribution < 1.29 is 4.42 Å². The molecule has 0 saturated carbocycles. The van der Waals surface area contributed by atoms with Crippen LogP contribution in [0.1, 0.15) is 26.7 Å². The fourth-order valence-electron chi connectivity index (χ4n) is 1.42. The molecule has 0 aliphatic carbocycles. The summed E-state index contributed by atoms with van der Waals surface area (Å²) < 4.78 is 5.48. The van der Waals surface area contributed by atoms with Crippen LogP contribution < -0.4 is 10.6 Å². The third kappa shape index (κ3) is 4.37. The summed E-state index contributed by atoms with van der Waals surface area (Å²) in [5.41, 5.74) is 0.650. The summed E-state index contributed by atoms with van der Waals surface area (Å²) in [6, 6.07) is 5.42. The second-order valence-electron chi connectivity index (χ2n) is 5.35. The van der Waals surface area contributed by atoms with Crippen LogP contribution >= 0.6 is 23.2 Å². The predicted molar refractivity (Wildman–Crippen MR) is 80.6 cm³/mol. The van der Waals surface area contributed by atoms with Gasteiger partial charge in [-0.05, 0) is 39.0 Å². The quantitative estimate of drug-likeness (QED) is 0.892. The van der Waals surface area contributed by atoms with Gasteiger partial charge in [-0.2, -0.15) is 0 Å². The monoisotopic (exact) mass is 314 g/mol. The second kappa shape index (κ2) is 5.99. The van der Waals surface area contributed by atoms with Gasteiger partial charge in [-0.1, -0.05) is 28.3 Å². The van der Waals surface area contributed by atoms with E-state index >= 15 is 0 Å². The Hall–Kier alpha value is -1.30. The van der Waals surface area contributed by atoms with Crippen molar-refractivity contribution in [3.63, 3.8) is 0 Å². The Bertz CT molecular complexity index is 592. The maximum Gasteiger partial charge on any atom is 0.320 e. The zero-order chi connectivity index (χ0) is 14.8. The topological polar surface area (TPSA) is 63.0 Å². The Balaban J connectivity index is 2.02. The minimum Gasteiger partial charge on any atom is -0.406 e. The highest BCUT2D eigenvalue weighted by Crippen LogP contribution is 2.27. The van der Waals surface area contributed by atoms with Crippen molar-refractivity contribution >= 4 is 34.9 Å². The summed E-state index contributed by atoms with van der Waals surface area (Å²) in [5.74, 6) is 0.507. The van der Waals surface area contributed by atoms with Gasteiger partial charge in [0.15, 0.2) is 0 Å². The van der Waals surface area contributed by atoms with Crippen LogP contribution in [0.2, 0.25) is 10.0 Å². The molecule has 2 rings (SSSR count). The fraction of sp³-hybridized carbons (Fsp3) is 0.385. The van der Waals surface area contributed by atoms with Crippen LogP contribution in [0.5, 0.6) is 0 Å². The van der Waals surface area contributed by atoms with Gasteiger partial charge in [0, 0.05) is 10.6 Å². The number of rotatable bonds is 4. The summed E-state index contributed by atoms with van der Waals surface area (Å²) in [6.45, 7) is 6.70. The van der Waals surface area contributed by atoms with Crippen molar-refractivity contribution in [1.29, 1.82) is 0 Å². The number of hydrogen-bond donors (Lipinski definition) is 2. The summed E-state index contributed by atoms with van der Waals surface area (Å²) in [6.07, 6.45) is 0. The van der Waals surface area contributed by atoms with Crippen LogP contribution in [0.4, 0.5) is 11.7 Å². The van der Waals surface area contributed by atoms with Crippen LogP contribution in [0.3, 0.4) is 0 Å². The van der Waals surface area contributed by atoms with E-state index in [0.29, 0.717) is 34.2 Å². The number of anilines is 2. The molecule has 2 aromatic rings. The lowest BCUT2D eigenvalue weighted by Gasteiger charge is -2.18. The molecular formula is C13H16Cl2N4O. The maximum absolute atomic E-state index is 6.06. The molecule has 0 aliphatic heterocycles. The smallest absolute Gasteiger partial charge is 0.320 e. The van der Waals surface area contributed by atoms with Crippen molar-refractivity contribution in [2.75, 3.05) is 5.32 Å². The Kier molecular flexibility index (Phi) is 4.52. The minimum absolute atomic E-state index is 0.0124. The van der Waals surface area contributed by atoms with Crippen molar-refractivity contribution in [3.8, 4) is 0 Å². The molecule has 5 nitrogen and oxygen atoms in total. The lowest BCUT2D eigenvalue weighted by molar-refractivity contribution is 0.384. The first-order valence-electron chi connectivity index (χ1n) is 6.13. The fourth-order valence-corrected chi connectivity index (χ4v) is 1.88. The van der Waals surface area contributed by atoms with Gasteiger partial charge in [-0.3, -0.25) is 0 Å². The van der Waals surface area contributed by atoms with E-state index < -0.39 is 0 Å². The van der Waals surface area contributed by atoms with Gasteiger partial charge in [0.1, 0.15) is 0 Å². The molecule has 1 aromatic carbocycles. The van der Waals surface area contributed by atoms with E-state index in [2.05, 4.69) is 41.6 Å². The number of halogens is 2. The zero-order valence-corrected chi connectivity index (χ0v) is 13.0. The first-order chi connectivity index (χ1) is 9.33. The molecule has 0 bridgehead atoms. The molecule has 0 atom stereocenters. The Morgan fingerprint density at radius 3 is 2.60 bits per heavy atom. The molecule has 0 unspecified atom stereocenters. The molecule has 0 saturated heterocycles. The van der Waals surface area contributed by atoms with E-state index in [1.807, 2.05) is 0 Å². The number of hydrogen-bond acceptors (Lipinski definition) is 5. The molecule has 0 spiro atoms. The summed E-state index contributed by atoms with van der Waals surface area (Å²) in [5, 5.41) is 15.2. The Morgan fingerprint density at radius 2 is 1.95 bits per heavy atom. The number of benzene rings is 1. The van der Waals surface area contributed by atoms with E-state index in [1.165, 1.54) is 0 Å². The second-order valence-corrected chi connectivity index (χ2v) is 6.20. The first kappa shape index (κ1) is 15.1. The predicted octanol–water partition coefficient (Wildman–Crippen LogP) is 4.01.